The van der Waals surface area contributed by atoms with Crippen LogP contribution in [-0.4, -0.2) is 74.8 Å². The SMILES string of the molecule is CN1CCc2nc(C(=O)N[C@@H]3C[C@@H](C(=O)N(C)C)CC[C@@H]3NS(=O)(=O)Nc3ccc(Cl)cc3)sc2C1.Cl. The molecule has 4 rings (SSSR count). The lowest BCUT2D eigenvalue weighted by Crippen LogP contribution is -2.56. The quantitative estimate of drug-likeness (QED) is 0.455. The molecular weight excluding hydrogens is 559 g/mol. The van der Waals surface area contributed by atoms with Gasteiger partial charge in [0.15, 0.2) is 5.01 Å². The zero-order chi connectivity index (χ0) is 26.0. The number of fused-ring (bicyclic) bond motifs is 1. The molecule has 0 saturated heterocycles. The van der Waals surface area contributed by atoms with E-state index in [-0.39, 0.29) is 30.1 Å². The fraction of sp³-hybridized carbons (Fsp3) is 0.522. The van der Waals surface area contributed by atoms with Crippen LogP contribution in [0, 0.1) is 5.92 Å². The summed E-state index contributed by atoms with van der Waals surface area (Å²) in [5.41, 5.74) is 1.30. The number of nitrogens with one attached hydrogen (secondary N) is 3. The molecule has 2 aliphatic rings. The maximum Gasteiger partial charge on any atom is 0.299 e. The van der Waals surface area contributed by atoms with Crippen LogP contribution in [0.25, 0.3) is 0 Å². The van der Waals surface area contributed by atoms with Crippen molar-refractivity contribution >= 4 is 63.1 Å². The summed E-state index contributed by atoms with van der Waals surface area (Å²) in [6.07, 6.45) is 2.02. The Kier molecular flexibility index (Phi) is 9.81. The fourth-order valence-electron chi connectivity index (χ4n) is 4.61. The summed E-state index contributed by atoms with van der Waals surface area (Å²) in [5.74, 6) is -0.703. The van der Waals surface area contributed by atoms with E-state index < -0.39 is 22.3 Å². The van der Waals surface area contributed by atoms with Gasteiger partial charge < -0.3 is 15.1 Å². The number of likely N-dealkylation sites (N-methyl/N-ethyl adjacent to an activating group) is 1. The van der Waals surface area contributed by atoms with Gasteiger partial charge in [0.05, 0.1) is 5.69 Å². The Hall–Kier alpha value is -1.96. The predicted octanol–water partition coefficient (Wildman–Crippen LogP) is 2.51. The first-order chi connectivity index (χ1) is 17.0. The van der Waals surface area contributed by atoms with Crippen LogP contribution in [0.15, 0.2) is 24.3 Å². The van der Waals surface area contributed by atoms with Gasteiger partial charge in [-0.05, 0) is 50.6 Å². The van der Waals surface area contributed by atoms with Crippen LogP contribution in [0.5, 0.6) is 0 Å². The summed E-state index contributed by atoms with van der Waals surface area (Å²) in [6.45, 7) is 1.64. The van der Waals surface area contributed by atoms with E-state index in [2.05, 4.69) is 24.6 Å². The minimum Gasteiger partial charge on any atom is -0.349 e. The maximum absolute atomic E-state index is 13.2. The van der Waals surface area contributed by atoms with Gasteiger partial charge in [0.1, 0.15) is 0 Å². The van der Waals surface area contributed by atoms with Crippen molar-refractivity contribution in [3.63, 3.8) is 0 Å². The number of carbonyl (C=O) groups is 2. The molecule has 2 amide bonds. The van der Waals surface area contributed by atoms with Gasteiger partial charge in [-0.15, -0.1) is 23.7 Å². The van der Waals surface area contributed by atoms with Crippen molar-refractivity contribution < 1.29 is 18.0 Å². The third-order valence-corrected chi connectivity index (χ3v) is 8.93. The summed E-state index contributed by atoms with van der Waals surface area (Å²) in [4.78, 5) is 35.2. The van der Waals surface area contributed by atoms with Crippen molar-refractivity contribution in [3.8, 4) is 0 Å². The zero-order valence-corrected chi connectivity index (χ0v) is 24.1. The summed E-state index contributed by atoms with van der Waals surface area (Å²) < 4.78 is 30.9. The third-order valence-electron chi connectivity index (χ3n) is 6.48. The molecule has 204 valence electrons. The Labute approximate surface area is 232 Å². The molecule has 2 aromatic rings. The van der Waals surface area contributed by atoms with Crippen molar-refractivity contribution in [2.24, 2.45) is 5.92 Å². The van der Waals surface area contributed by atoms with E-state index >= 15 is 0 Å². The predicted molar refractivity (Wildman–Crippen MR) is 148 cm³/mol. The largest absolute Gasteiger partial charge is 0.349 e. The Morgan fingerprint density at radius 1 is 1.16 bits per heavy atom. The first-order valence-corrected chi connectivity index (χ1v) is 14.4. The molecule has 1 fully saturated rings. The number of rotatable bonds is 7. The van der Waals surface area contributed by atoms with Gasteiger partial charge in [-0.2, -0.15) is 13.1 Å². The molecule has 2 heterocycles. The monoisotopic (exact) mass is 590 g/mol. The first-order valence-electron chi connectivity index (χ1n) is 11.8. The lowest BCUT2D eigenvalue weighted by Gasteiger charge is -2.36. The molecule has 0 radical (unpaired) electrons. The molecular formula is C23H32Cl2N6O4S2. The maximum atomic E-state index is 13.2. The second-order valence-electron chi connectivity index (χ2n) is 9.54. The summed E-state index contributed by atoms with van der Waals surface area (Å²) in [7, 11) is 1.46. The minimum absolute atomic E-state index is 0. The smallest absolute Gasteiger partial charge is 0.299 e. The number of halogens is 2. The van der Waals surface area contributed by atoms with Crippen molar-refractivity contribution in [2.75, 3.05) is 32.4 Å². The van der Waals surface area contributed by atoms with E-state index in [9.17, 15) is 18.0 Å². The van der Waals surface area contributed by atoms with Crippen LogP contribution in [0.1, 0.15) is 39.6 Å². The number of nitrogens with zero attached hydrogens (tertiary/aromatic N) is 3. The van der Waals surface area contributed by atoms with Crippen LogP contribution in [0.3, 0.4) is 0 Å². The number of amides is 2. The fourth-order valence-corrected chi connectivity index (χ4v) is 7.02. The van der Waals surface area contributed by atoms with Crippen molar-refractivity contribution in [2.45, 2.75) is 44.3 Å². The van der Waals surface area contributed by atoms with Crippen molar-refractivity contribution in [1.29, 1.82) is 0 Å². The highest BCUT2D eigenvalue weighted by Crippen LogP contribution is 2.29. The van der Waals surface area contributed by atoms with Gasteiger partial charge in [-0.3, -0.25) is 14.3 Å². The molecule has 1 aromatic carbocycles. The average molecular weight is 592 g/mol. The average Bonchev–Trinajstić information content (AvgIpc) is 3.24. The molecule has 0 spiro atoms. The summed E-state index contributed by atoms with van der Waals surface area (Å²) in [6, 6.07) is 5.14. The van der Waals surface area contributed by atoms with E-state index in [1.165, 1.54) is 16.2 Å². The number of aromatic nitrogens is 1. The summed E-state index contributed by atoms with van der Waals surface area (Å²) >= 11 is 7.25. The highest BCUT2D eigenvalue weighted by molar-refractivity contribution is 7.90. The Morgan fingerprint density at radius 2 is 1.86 bits per heavy atom. The molecule has 3 atom stereocenters. The van der Waals surface area contributed by atoms with E-state index in [0.29, 0.717) is 35.0 Å². The molecule has 0 bridgehead atoms. The number of hydrogen-bond donors (Lipinski definition) is 3. The molecule has 0 unspecified atom stereocenters. The molecule has 1 aliphatic heterocycles. The van der Waals surface area contributed by atoms with Crippen LogP contribution in [0.4, 0.5) is 5.69 Å². The number of thiazole rings is 1. The van der Waals surface area contributed by atoms with Gasteiger partial charge in [0, 0.05) is 67.2 Å². The second kappa shape index (κ2) is 12.3. The van der Waals surface area contributed by atoms with E-state index in [1.807, 2.05) is 7.05 Å². The van der Waals surface area contributed by atoms with E-state index in [1.54, 1.807) is 38.4 Å². The topological polar surface area (TPSA) is 124 Å². The highest BCUT2D eigenvalue weighted by Gasteiger charge is 2.38. The number of carbonyl (C=O) groups excluding carboxylic acids is 2. The van der Waals surface area contributed by atoms with Crippen molar-refractivity contribution in [3.05, 3.63) is 44.9 Å². The van der Waals surface area contributed by atoms with E-state index in [0.717, 1.165) is 30.1 Å². The van der Waals surface area contributed by atoms with Crippen molar-refractivity contribution in [1.82, 2.24) is 24.8 Å². The standard InChI is InChI=1S/C23H31ClN6O4S2.ClH/c1-29(2)23(32)14-4-9-17(28-36(33,34)27-16-7-5-15(24)6-8-16)19(12-14)25-21(31)22-26-18-10-11-30(3)13-20(18)35-22;/h5-8,14,17,19,27-28H,4,9-13H2,1-3H3,(H,25,31);1H/t14-,17-,19+;/m0./s1. The Bertz CT molecular complexity index is 1220. The first kappa shape index (κ1) is 29.6. The zero-order valence-electron chi connectivity index (χ0n) is 20.9. The molecule has 14 heteroatoms. The number of anilines is 1. The molecule has 1 saturated carbocycles. The van der Waals surface area contributed by atoms with Gasteiger partial charge in [0.25, 0.3) is 16.1 Å². The van der Waals surface area contributed by atoms with Crippen LogP contribution < -0.4 is 14.8 Å². The van der Waals surface area contributed by atoms with Gasteiger partial charge in [-0.1, -0.05) is 11.6 Å². The van der Waals surface area contributed by atoms with Gasteiger partial charge in [-0.25, -0.2) is 4.98 Å². The Morgan fingerprint density at radius 3 is 2.54 bits per heavy atom. The molecule has 37 heavy (non-hydrogen) atoms. The second-order valence-corrected chi connectivity index (χ2v) is 12.5. The highest BCUT2D eigenvalue weighted by atomic mass is 35.5. The minimum atomic E-state index is -3.95. The van der Waals surface area contributed by atoms with Crippen LogP contribution >= 0.6 is 35.3 Å². The molecule has 3 N–H and O–H groups in total. The molecule has 1 aromatic heterocycles. The molecule has 1 aliphatic carbocycles. The van der Waals surface area contributed by atoms with Crippen LogP contribution in [0.2, 0.25) is 5.02 Å². The Balaban J connectivity index is 0.00000380. The number of hydrogen-bond acceptors (Lipinski definition) is 7. The summed E-state index contributed by atoms with van der Waals surface area (Å²) in [5, 5.41) is 3.83. The number of benzene rings is 1. The third kappa shape index (κ3) is 7.55. The van der Waals surface area contributed by atoms with E-state index in [4.69, 9.17) is 11.6 Å². The lowest BCUT2D eigenvalue weighted by atomic mass is 9.82. The normalized spacial score (nSPS) is 21.9. The van der Waals surface area contributed by atoms with Gasteiger partial charge >= 0.3 is 0 Å². The van der Waals surface area contributed by atoms with Crippen LogP contribution in [-0.2, 0) is 28.0 Å². The lowest BCUT2D eigenvalue weighted by molar-refractivity contribution is -0.134. The van der Waals surface area contributed by atoms with Gasteiger partial charge in [0.2, 0.25) is 5.91 Å². The molecule has 10 nitrogen and oxygen atoms in total.